The predicted molar refractivity (Wildman–Crippen MR) is 258 cm³/mol. The maximum Gasteiger partial charge on any atom is 1.00 e. The van der Waals surface area contributed by atoms with E-state index in [1.54, 1.807) is 11.0 Å². The number of aliphatic hydroxyl groups is 2. The number of piperazine rings is 1. The molecule has 1 aromatic heterocycles. The summed E-state index contributed by atoms with van der Waals surface area (Å²) >= 11 is 3.00. The molecule has 3 aromatic rings. The van der Waals surface area contributed by atoms with E-state index in [1.807, 2.05) is 29.2 Å². The standard InChI is InChI=1S/C31H37FN6O3.C7H14FNO.C5H10FN.C2H5BrO.CH2O3.ClH.2K.H/c1-2-29(40)36-12-14-37(15-13-36)30-26-9-11-38(28-19-24(39)18-22-6-3-4-8-25(22)28)21-27(26)33-31(34-30)41-17-16-35-10-5-7-23(32)20-35;8-7-2-1-3-9(6-7)4-5-10;6-5-2-1-3-7-4-5;3-1-2-4;2-1-4-3;;;;/h2-4,6,8,18-19,23,39H,1,5,7,9-17,20-21H2;7,10H,1-6H2;5,7H,1-4H2;4H,1-2H2;1,3H;1H;;;/q;;;;;;2*+1;-1/p-1/t23-;7-;5-;;;;;;/m111....../s1. The number of likely N-dealkylation sites (tertiary alicyclic amines) is 2. The molecule has 0 saturated carbocycles. The molecule has 3 atom stereocenters. The van der Waals surface area contributed by atoms with Gasteiger partial charge >= 0.3 is 109 Å². The molecule has 4 saturated heterocycles. The van der Waals surface area contributed by atoms with Crippen LogP contribution in [0, 0.1) is 0 Å². The number of aromatic hydroxyl groups is 1. The Kier molecular flexibility index (Phi) is 36.4. The van der Waals surface area contributed by atoms with E-state index in [0.29, 0.717) is 96.2 Å². The van der Waals surface area contributed by atoms with Crippen molar-refractivity contribution in [2.45, 2.75) is 70.0 Å². The van der Waals surface area contributed by atoms with Crippen molar-refractivity contribution in [1.29, 1.82) is 0 Å². The Morgan fingerprint density at radius 1 is 0.899 bits per heavy atom. The second kappa shape index (κ2) is 37.9. The summed E-state index contributed by atoms with van der Waals surface area (Å²) in [5.41, 5.74) is 2.96. The molecule has 1 amide bonds. The second-order valence-corrected chi connectivity index (χ2v) is 17.1. The van der Waals surface area contributed by atoms with Gasteiger partial charge in [-0.05, 0) is 82.1 Å². The van der Waals surface area contributed by atoms with Gasteiger partial charge in [0.1, 0.15) is 36.7 Å². The van der Waals surface area contributed by atoms with Gasteiger partial charge in [-0.2, -0.15) is 9.97 Å². The van der Waals surface area contributed by atoms with Gasteiger partial charge in [0, 0.05) is 93.5 Å². The van der Waals surface area contributed by atoms with Crippen molar-refractivity contribution < 1.29 is 157 Å². The number of fused-ring (bicyclic) bond motifs is 2. The Morgan fingerprint density at radius 2 is 1.52 bits per heavy atom. The summed E-state index contributed by atoms with van der Waals surface area (Å²) in [7, 11) is 0. The fourth-order valence-corrected chi connectivity index (χ4v) is 8.35. The van der Waals surface area contributed by atoms with E-state index < -0.39 is 18.5 Å². The van der Waals surface area contributed by atoms with Gasteiger partial charge in [-0.3, -0.25) is 19.4 Å². The van der Waals surface area contributed by atoms with Crippen LogP contribution >= 0.6 is 28.3 Å². The molecule has 16 nitrogen and oxygen atoms in total. The van der Waals surface area contributed by atoms with Crippen LogP contribution in [0.5, 0.6) is 11.8 Å². The topological polar surface area (TPSA) is 190 Å². The van der Waals surface area contributed by atoms with E-state index in [-0.39, 0.29) is 148 Å². The zero-order valence-corrected chi connectivity index (χ0v) is 48.8. The first-order valence-corrected chi connectivity index (χ1v) is 23.9. The summed E-state index contributed by atoms with van der Waals surface area (Å²) in [6.45, 7) is 13.6. The number of aromatic nitrogens is 2. The van der Waals surface area contributed by atoms with Crippen molar-refractivity contribution in [2.24, 2.45) is 0 Å². The molecule has 0 aliphatic carbocycles. The summed E-state index contributed by atoms with van der Waals surface area (Å²) in [5, 5.41) is 41.0. The third-order valence-electron chi connectivity index (χ3n) is 11.6. The summed E-state index contributed by atoms with van der Waals surface area (Å²) in [5.74, 6) is 1.04. The third kappa shape index (κ3) is 23.6. The number of anilines is 2. The number of phenols is 1. The van der Waals surface area contributed by atoms with Gasteiger partial charge in [0.2, 0.25) is 5.91 Å². The first-order valence-electron chi connectivity index (χ1n) is 22.8. The van der Waals surface area contributed by atoms with Crippen LogP contribution in [0.3, 0.4) is 0 Å². The van der Waals surface area contributed by atoms with Crippen LogP contribution in [-0.4, -0.2) is 181 Å². The van der Waals surface area contributed by atoms with Gasteiger partial charge in [0.25, 0.3) is 6.47 Å². The van der Waals surface area contributed by atoms with Gasteiger partial charge in [-0.1, -0.05) is 46.8 Å². The van der Waals surface area contributed by atoms with Crippen LogP contribution in [-0.2, 0) is 27.4 Å². The average Bonchev–Trinajstić information content (AvgIpc) is 3.34. The summed E-state index contributed by atoms with van der Waals surface area (Å²) < 4.78 is 44.7. The van der Waals surface area contributed by atoms with Gasteiger partial charge in [-0.15, -0.1) is 12.4 Å². The smallest absolute Gasteiger partial charge is 1.00 e. The summed E-state index contributed by atoms with van der Waals surface area (Å²) in [6.07, 6.45) is 4.96. The quantitative estimate of drug-likeness (QED) is 0.0413. The molecule has 5 aliphatic rings. The molecule has 6 heterocycles. The molecular weight excluding hydrogens is 1040 g/mol. The Morgan fingerprint density at radius 3 is 2.06 bits per heavy atom. The number of phenolic OH excluding ortho intramolecular Hbond substituents is 1. The van der Waals surface area contributed by atoms with E-state index in [0.717, 1.165) is 91.8 Å². The zero-order chi connectivity index (χ0) is 47.7. The third-order valence-corrected chi connectivity index (χ3v) is 11.9. The van der Waals surface area contributed by atoms with Crippen molar-refractivity contribution in [1.82, 2.24) is 30.0 Å². The minimum Gasteiger partial charge on any atom is -1.00 e. The number of halogens is 5. The number of nitrogens with zero attached hydrogens (tertiary/aromatic N) is 7. The maximum absolute atomic E-state index is 13.9. The fraction of sp³-hybridized carbons (Fsp3) is 0.609. The zero-order valence-electron chi connectivity index (χ0n) is 41.2. The number of hydrogen-bond acceptors (Lipinski definition) is 15. The SMILES string of the molecule is C=CC(=O)N1CCN(c2nc(OCCN3CCC[C@@H](F)C3)nc3c2CCN(c2cc(O)cc4ccccc24)C3)CC1.Cl.F[C@@H]1CCCNC1.O=CO[O-].OCCBr.OCCN1CCC[C@@H](F)C1.[H-].[K+].[K+]. The Hall–Kier alpha value is -0.747. The van der Waals surface area contributed by atoms with Crippen molar-refractivity contribution in [3.63, 3.8) is 0 Å². The molecule has 69 heavy (non-hydrogen) atoms. The summed E-state index contributed by atoms with van der Waals surface area (Å²) in [6, 6.07) is 12.0. The summed E-state index contributed by atoms with van der Waals surface area (Å²) in [4.78, 5) is 43.5. The molecule has 0 radical (unpaired) electrons. The Bertz CT molecular complexity index is 1920. The minimum atomic E-state index is -0.776. The number of nitrogens with one attached hydrogen (secondary N) is 1. The van der Waals surface area contributed by atoms with Crippen LogP contribution in [0.1, 0.15) is 51.2 Å². The number of hydrogen-bond donors (Lipinski definition) is 4. The molecule has 4 fully saturated rings. The van der Waals surface area contributed by atoms with Gasteiger partial charge in [0.15, 0.2) is 0 Å². The number of benzene rings is 2. The van der Waals surface area contributed by atoms with Gasteiger partial charge in [-0.25, -0.2) is 13.2 Å². The van der Waals surface area contributed by atoms with Crippen molar-refractivity contribution in [3.8, 4) is 11.8 Å². The van der Waals surface area contributed by atoms with Gasteiger partial charge in [0.05, 0.1) is 25.5 Å². The molecule has 4 N–H and O–H groups in total. The Labute approximate surface area is 505 Å². The van der Waals surface area contributed by atoms with Crippen molar-refractivity contribution in [2.75, 3.05) is 120 Å². The molecule has 8 rings (SSSR count). The van der Waals surface area contributed by atoms with E-state index >= 15 is 0 Å². The van der Waals surface area contributed by atoms with E-state index in [2.05, 4.69) is 53.5 Å². The molecule has 2 aromatic carbocycles. The van der Waals surface area contributed by atoms with Crippen LogP contribution in [0.2, 0.25) is 0 Å². The minimum absolute atomic E-state index is 0. The molecule has 0 unspecified atom stereocenters. The predicted octanol–water partition coefficient (Wildman–Crippen LogP) is -1.98. The normalized spacial score (nSPS) is 20.0. The average molecular weight is 1110 g/mol. The van der Waals surface area contributed by atoms with Crippen LogP contribution in [0.15, 0.2) is 49.1 Å². The number of carbonyl (C=O) groups is 2. The number of carbonyl (C=O) groups excluding carboxylic acids is 2. The molecule has 23 heteroatoms. The second-order valence-electron chi connectivity index (χ2n) is 16.3. The molecule has 5 aliphatic heterocycles. The number of ether oxygens (including phenoxy) is 1. The molecule has 0 spiro atoms. The van der Waals surface area contributed by atoms with Crippen LogP contribution < -0.4 is 128 Å². The molecule has 378 valence electrons. The number of alkyl halides is 4. The van der Waals surface area contributed by atoms with Crippen LogP contribution in [0.25, 0.3) is 10.8 Å². The monoisotopic (exact) mass is 1110 g/mol. The van der Waals surface area contributed by atoms with Gasteiger partial charge < -0.3 is 51.6 Å². The maximum atomic E-state index is 13.9. The first kappa shape index (κ1) is 66.3. The molecular formula is C46H69BrClF3K2N8O8. The fourth-order valence-electron chi connectivity index (χ4n) is 8.35. The van der Waals surface area contributed by atoms with E-state index in [9.17, 15) is 23.1 Å². The van der Waals surface area contributed by atoms with Crippen molar-refractivity contribution >= 4 is 63.0 Å². The molecule has 0 bridgehead atoms. The number of aliphatic hydroxyl groups excluding tert-OH is 2. The van der Waals surface area contributed by atoms with E-state index in [1.165, 1.54) is 6.08 Å². The Balaban J connectivity index is 0.00000135. The number of piperidine rings is 3. The van der Waals surface area contributed by atoms with Crippen LogP contribution in [0.4, 0.5) is 24.7 Å². The number of amides is 1. The largest absolute Gasteiger partial charge is 1.00 e. The van der Waals surface area contributed by atoms with E-state index in [4.69, 9.17) is 35.0 Å². The van der Waals surface area contributed by atoms with Crippen molar-refractivity contribution in [3.05, 3.63) is 60.3 Å². The first-order chi connectivity index (χ1) is 32.0. The number of rotatable bonds is 11. The number of β-amino-alcohol motifs (C(OH)–C–C–N with tert-alkyl or cyclic N) is 1.